The maximum atomic E-state index is 11.6. The Kier molecular flexibility index (Phi) is 3.29. The van der Waals surface area contributed by atoms with Crippen LogP contribution in [0.5, 0.6) is 0 Å². The van der Waals surface area contributed by atoms with Crippen LogP contribution in [-0.4, -0.2) is 16.0 Å². The highest BCUT2D eigenvalue weighted by Gasteiger charge is 2.42. The Morgan fingerprint density at radius 1 is 1.21 bits per heavy atom. The van der Waals surface area contributed by atoms with E-state index in [1.54, 1.807) is 4.90 Å². The van der Waals surface area contributed by atoms with Crippen molar-refractivity contribution < 1.29 is 4.79 Å². The van der Waals surface area contributed by atoms with E-state index in [4.69, 9.17) is 0 Å². The van der Waals surface area contributed by atoms with E-state index < -0.39 is 0 Å². The van der Waals surface area contributed by atoms with Crippen LogP contribution in [0.4, 0.5) is 5.82 Å². The van der Waals surface area contributed by atoms with Crippen LogP contribution in [0.15, 0.2) is 35.7 Å². The molecule has 0 saturated heterocycles. The molecule has 1 saturated carbocycles. The summed E-state index contributed by atoms with van der Waals surface area (Å²) in [6.07, 6.45) is 5.13. The lowest BCUT2D eigenvalue weighted by Gasteiger charge is -2.37. The average Bonchev–Trinajstić information content (AvgIpc) is 3.13. The monoisotopic (exact) mass is 273 g/mol. The molecule has 0 atom stereocenters. The van der Waals surface area contributed by atoms with Crippen LogP contribution < -0.4 is 4.90 Å². The lowest BCUT2D eigenvalue weighted by atomic mass is 9.86. The van der Waals surface area contributed by atoms with Crippen LogP contribution in [0, 0.1) is 0 Å². The number of carbonyl (C=O) groups is 1. The largest absolute Gasteiger partial charge is 0.287 e. The fraction of sp³-hybridized carbons (Fsp3) is 0.357. The highest BCUT2D eigenvalue weighted by atomic mass is 32.1. The summed E-state index contributed by atoms with van der Waals surface area (Å²) < 4.78 is 3.88. The van der Waals surface area contributed by atoms with Gasteiger partial charge < -0.3 is 0 Å². The number of carbonyl (C=O) groups excluding carboxylic acids is 1. The maximum absolute atomic E-state index is 11.6. The first kappa shape index (κ1) is 12.3. The molecule has 5 heteroatoms. The van der Waals surface area contributed by atoms with E-state index >= 15 is 0 Å². The molecule has 1 aromatic heterocycles. The SMILES string of the molecule is O=CN(c1csnn1)C1(c2ccccc2)CCCC1. The molecule has 0 spiro atoms. The van der Waals surface area contributed by atoms with Gasteiger partial charge in [-0.1, -0.05) is 47.7 Å². The summed E-state index contributed by atoms with van der Waals surface area (Å²) in [7, 11) is 0. The molecular weight excluding hydrogens is 258 g/mol. The summed E-state index contributed by atoms with van der Waals surface area (Å²) in [5.74, 6) is 0.658. The van der Waals surface area contributed by atoms with Gasteiger partial charge in [-0.15, -0.1) is 5.10 Å². The normalized spacial score (nSPS) is 17.3. The highest BCUT2D eigenvalue weighted by molar-refractivity contribution is 7.03. The third-order valence-corrected chi connectivity index (χ3v) is 4.40. The summed E-state index contributed by atoms with van der Waals surface area (Å²) in [4.78, 5) is 13.4. The Hall–Kier alpha value is -1.75. The van der Waals surface area contributed by atoms with E-state index in [0.29, 0.717) is 5.82 Å². The average molecular weight is 273 g/mol. The van der Waals surface area contributed by atoms with Gasteiger partial charge in [0.1, 0.15) is 0 Å². The molecule has 1 amide bonds. The van der Waals surface area contributed by atoms with Crippen molar-refractivity contribution in [2.45, 2.75) is 31.2 Å². The number of nitrogens with zero attached hydrogens (tertiary/aromatic N) is 3. The lowest BCUT2D eigenvalue weighted by molar-refractivity contribution is -0.108. The van der Waals surface area contributed by atoms with Crippen LogP contribution in [0.1, 0.15) is 31.2 Å². The van der Waals surface area contributed by atoms with Gasteiger partial charge in [-0.05, 0) is 29.9 Å². The number of rotatable bonds is 4. The zero-order valence-electron chi connectivity index (χ0n) is 10.5. The fourth-order valence-corrected chi connectivity index (χ4v) is 3.45. The van der Waals surface area contributed by atoms with E-state index in [2.05, 4.69) is 21.7 Å². The van der Waals surface area contributed by atoms with Crippen molar-refractivity contribution in [1.82, 2.24) is 9.59 Å². The smallest absolute Gasteiger partial charge is 0.216 e. The molecule has 98 valence electrons. The van der Waals surface area contributed by atoms with Gasteiger partial charge in [0.15, 0.2) is 5.82 Å². The van der Waals surface area contributed by atoms with Crippen molar-refractivity contribution in [3.05, 3.63) is 41.3 Å². The molecule has 19 heavy (non-hydrogen) atoms. The third-order valence-electron chi connectivity index (χ3n) is 3.90. The van der Waals surface area contributed by atoms with Gasteiger partial charge in [0.2, 0.25) is 6.41 Å². The summed E-state index contributed by atoms with van der Waals surface area (Å²) >= 11 is 1.27. The number of hydrogen-bond acceptors (Lipinski definition) is 4. The first-order valence-electron chi connectivity index (χ1n) is 6.44. The van der Waals surface area contributed by atoms with E-state index in [9.17, 15) is 4.79 Å². The van der Waals surface area contributed by atoms with E-state index in [0.717, 1.165) is 32.1 Å². The van der Waals surface area contributed by atoms with Crippen molar-refractivity contribution in [3.63, 3.8) is 0 Å². The molecule has 1 aliphatic rings. The topological polar surface area (TPSA) is 46.1 Å². The molecule has 0 aliphatic heterocycles. The second kappa shape index (κ2) is 5.09. The molecule has 2 aromatic rings. The molecule has 0 bridgehead atoms. The quantitative estimate of drug-likeness (QED) is 0.805. The minimum absolute atomic E-state index is 0.251. The molecule has 0 unspecified atom stereocenters. The Labute approximate surface area is 116 Å². The first-order chi connectivity index (χ1) is 9.37. The Bertz CT molecular complexity index is 535. The Morgan fingerprint density at radius 3 is 2.53 bits per heavy atom. The van der Waals surface area contributed by atoms with Crippen LogP contribution >= 0.6 is 11.5 Å². The van der Waals surface area contributed by atoms with Crippen LogP contribution in [-0.2, 0) is 10.3 Å². The molecule has 4 nitrogen and oxygen atoms in total. The Balaban J connectivity index is 2.07. The second-order valence-electron chi connectivity index (χ2n) is 4.84. The summed E-state index contributed by atoms with van der Waals surface area (Å²) in [6, 6.07) is 10.3. The second-order valence-corrected chi connectivity index (χ2v) is 5.45. The number of benzene rings is 1. The summed E-state index contributed by atoms with van der Waals surface area (Å²) in [5, 5.41) is 5.90. The fourth-order valence-electron chi connectivity index (χ4n) is 3.02. The van der Waals surface area contributed by atoms with Gasteiger partial charge in [-0.2, -0.15) is 0 Å². The lowest BCUT2D eigenvalue weighted by Crippen LogP contribution is -2.44. The van der Waals surface area contributed by atoms with Crippen LogP contribution in [0.25, 0.3) is 0 Å². The van der Waals surface area contributed by atoms with Crippen LogP contribution in [0.2, 0.25) is 0 Å². The van der Waals surface area contributed by atoms with Gasteiger partial charge in [0, 0.05) is 0 Å². The maximum Gasteiger partial charge on any atom is 0.216 e. The number of amides is 1. The minimum atomic E-state index is -0.251. The first-order valence-corrected chi connectivity index (χ1v) is 7.28. The van der Waals surface area contributed by atoms with Gasteiger partial charge in [0.05, 0.1) is 10.9 Å². The van der Waals surface area contributed by atoms with Crippen molar-refractivity contribution in [3.8, 4) is 0 Å². The minimum Gasteiger partial charge on any atom is -0.287 e. The molecule has 0 radical (unpaired) electrons. The number of anilines is 1. The van der Waals surface area contributed by atoms with E-state index in [1.165, 1.54) is 17.1 Å². The molecule has 1 fully saturated rings. The molecular formula is C14H15N3OS. The Morgan fingerprint density at radius 2 is 1.95 bits per heavy atom. The predicted molar refractivity (Wildman–Crippen MR) is 75.0 cm³/mol. The molecule has 1 aromatic carbocycles. The molecule has 1 heterocycles. The standard InChI is InChI=1S/C14H15N3OS/c18-11-17(13-10-19-16-15-13)14(8-4-5-9-14)12-6-2-1-3-7-12/h1-3,6-7,10-11H,4-5,8-9H2. The number of aromatic nitrogens is 2. The van der Waals surface area contributed by atoms with Crippen molar-refractivity contribution in [2.24, 2.45) is 0 Å². The zero-order chi connectivity index (χ0) is 13.1. The number of hydrogen-bond donors (Lipinski definition) is 0. The summed E-state index contributed by atoms with van der Waals surface area (Å²) in [6.45, 7) is 0. The summed E-state index contributed by atoms with van der Waals surface area (Å²) in [5.41, 5.74) is 0.936. The van der Waals surface area contributed by atoms with Crippen molar-refractivity contribution >= 4 is 23.8 Å². The van der Waals surface area contributed by atoms with E-state index in [1.807, 2.05) is 23.6 Å². The molecule has 0 N–H and O–H groups in total. The van der Waals surface area contributed by atoms with Crippen LogP contribution in [0.3, 0.4) is 0 Å². The van der Waals surface area contributed by atoms with Gasteiger partial charge in [-0.3, -0.25) is 9.69 Å². The van der Waals surface area contributed by atoms with Crippen molar-refractivity contribution in [2.75, 3.05) is 4.90 Å². The van der Waals surface area contributed by atoms with Gasteiger partial charge >= 0.3 is 0 Å². The van der Waals surface area contributed by atoms with Gasteiger partial charge in [-0.25, -0.2) is 0 Å². The van der Waals surface area contributed by atoms with Gasteiger partial charge in [0.25, 0.3) is 0 Å². The molecule has 1 aliphatic carbocycles. The predicted octanol–water partition coefficient (Wildman–Crippen LogP) is 2.97. The zero-order valence-corrected chi connectivity index (χ0v) is 11.3. The van der Waals surface area contributed by atoms with E-state index in [-0.39, 0.29) is 5.54 Å². The highest BCUT2D eigenvalue weighted by Crippen LogP contribution is 2.44. The molecule has 3 rings (SSSR count). The third kappa shape index (κ3) is 2.04. The van der Waals surface area contributed by atoms with Crippen molar-refractivity contribution in [1.29, 1.82) is 0 Å².